The van der Waals surface area contributed by atoms with Crippen LogP contribution in [-0.2, 0) is 4.79 Å². The minimum absolute atomic E-state index is 0.160. The monoisotopic (exact) mass is 487 g/mol. The van der Waals surface area contributed by atoms with Crippen LogP contribution in [0.4, 0.5) is 5.69 Å². The Kier molecular flexibility index (Phi) is 4.90. The number of fused-ring (bicyclic) bond motifs is 2. The zero-order valence-electron chi connectivity index (χ0n) is 17.4. The zero-order valence-corrected chi connectivity index (χ0v) is 19.0. The summed E-state index contributed by atoms with van der Waals surface area (Å²) in [6.07, 6.45) is 1.68. The maximum absolute atomic E-state index is 13.6. The van der Waals surface area contributed by atoms with E-state index in [1.807, 2.05) is 36.4 Å². The molecular formula is C25H18BrN3O3. The van der Waals surface area contributed by atoms with Crippen molar-refractivity contribution in [3.63, 3.8) is 0 Å². The molecular weight excluding hydrogens is 470 g/mol. The SMILES string of the molecule is COc1ccccc1-n1c(/C=C2\C(=O)N(C)c3ccc(Br)cc32)nc2ccccc2c1=O. The van der Waals surface area contributed by atoms with Crippen molar-refractivity contribution in [3.05, 3.63) is 92.9 Å². The minimum Gasteiger partial charge on any atom is -0.495 e. The van der Waals surface area contributed by atoms with Gasteiger partial charge in [-0.1, -0.05) is 40.2 Å². The Morgan fingerprint density at radius 2 is 1.72 bits per heavy atom. The number of nitrogens with zero attached hydrogens (tertiary/aromatic N) is 3. The fourth-order valence-corrected chi connectivity index (χ4v) is 4.35. The van der Waals surface area contributed by atoms with Gasteiger partial charge in [0.15, 0.2) is 0 Å². The van der Waals surface area contributed by atoms with Gasteiger partial charge in [-0.3, -0.25) is 14.2 Å². The first-order chi connectivity index (χ1) is 15.5. The van der Waals surface area contributed by atoms with Crippen LogP contribution in [0.3, 0.4) is 0 Å². The third kappa shape index (κ3) is 3.13. The molecule has 0 N–H and O–H groups in total. The lowest BCUT2D eigenvalue weighted by Crippen LogP contribution is -2.24. The summed E-state index contributed by atoms with van der Waals surface area (Å²) < 4.78 is 7.87. The van der Waals surface area contributed by atoms with Crippen molar-refractivity contribution in [3.8, 4) is 11.4 Å². The Morgan fingerprint density at radius 1 is 0.969 bits per heavy atom. The number of likely N-dealkylation sites (N-methyl/N-ethyl adjacent to an activating group) is 1. The third-order valence-corrected chi connectivity index (χ3v) is 6.04. The van der Waals surface area contributed by atoms with Gasteiger partial charge in [-0.2, -0.15) is 0 Å². The number of anilines is 1. The standard InChI is InChI=1S/C25H18BrN3O3/c1-28-20-12-11-15(26)13-17(20)18(24(28)30)14-23-27-19-8-4-3-7-16(19)25(31)29(23)21-9-5-6-10-22(21)32-2/h3-14H,1-2H3/b18-14-. The second kappa shape index (κ2) is 7.76. The number of amides is 1. The Labute approximate surface area is 192 Å². The molecule has 0 bridgehead atoms. The molecule has 2 heterocycles. The van der Waals surface area contributed by atoms with Gasteiger partial charge < -0.3 is 9.64 Å². The molecule has 5 rings (SSSR count). The molecule has 1 aromatic heterocycles. The van der Waals surface area contributed by atoms with Crippen LogP contribution in [0.1, 0.15) is 11.4 Å². The number of halogens is 1. The first-order valence-corrected chi connectivity index (χ1v) is 10.7. The van der Waals surface area contributed by atoms with Gasteiger partial charge in [-0.15, -0.1) is 0 Å². The average molecular weight is 488 g/mol. The molecule has 158 valence electrons. The van der Waals surface area contributed by atoms with Gasteiger partial charge >= 0.3 is 0 Å². The van der Waals surface area contributed by atoms with E-state index < -0.39 is 0 Å². The van der Waals surface area contributed by atoms with Crippen molar-refractivity contribution in [2.24, 2.45) is 0 Å². The number of methoxy groups -OCH3 is 1. The third-order valence-electron chi connectivity index (χ3n) is 5.55. The van der Waals surface area contributed by atoms with Crippen LogP contribution < -0.4 is 15.2 Å². The highest BCUT2D eigenvalue weighted by atomic mass is 79.9. The Morgan fingerprint density at radius 3 is 2.53 bits per heavy atom. The molecule has 0 radical (unpaired) electrons. The van der Waals surface area contributed by atoms with E-state index in [0.29, 0.717) is 33.7 Å². The van der Waals surface area contributed by atoms with Crippen molar-refractivity contribution in [2.45, 2.75) is 0 Å². The first kappa shape index (κ1) is 20.2. The molecule has 1 aliphatic heterocycles. The maximum atomic E-state index is 13.6. The van der Waals surface area contributed by atoms with Crippen molar-refractivity contribution >= 4 is 50.1 Å². The number of ether oxygens (including phenoxy) is 1. The molecule has 0 spiro atoms. The Balaban J connectivity index is 1.85. The summed E-state index contributed by atoms with van der Waals surface area (Å²) in [5.74, 6) is 0.721. The number of carbonyl (C=O) groups excluding carboxylic acids is 1. The topological polar surface area (TPSA) is 64.4 Å². The predicted octanol–water partition coefficient (Wildman–Crippen LogP) is 4.67. The lowest BCUT2D eigenvalue weighted by molar-refractivity contribution is -0.112. The van der Waals surface area contributed by atoms with Crippen molar-refractivity contribution in [1.82, 2.24) is 9.55 Å². The largest absolute Gasteiger partial charge is 0.495 e. The fraction of sp³-hybridized carbons (Fsp3) is 0.0800. The molecule has 4 aromatic rings. The van der Waals surface area contributed by atoms with Gasteiger partial charge in [0.25, 0.3) is 11.5 Å². The van der Waals surface area contributed by atoms with E-state index in [1.165, 1.54) is 4.57 Å². The molecule has 7 heteroatoms. The van der Waals surface area contributed by atoms with Crippen molar-refractivity contribution in [1.29, 1.82) is 0 Å². The van der Waals surface area contributed by atoms with Crippen molar-refractivity contribution < 1.29 is 9.53 Å². The molecule has 3 aromatic carbocycles. The fourth-order valence-electron chi connectivity index (χ4n) is 3.98. The summed E-state index contributed by atoms with van der Waals surface area (Å²) in [6.45, 7) is 0. The summed E-state index contributed by atoms with van der Waals surface area (Å²) in [6, 6.07) is 20.1. The molecule has 0 saturated heterocycles. The molecule has 32 heavy (non-hydrogen) atoms. The molecule has 6 nitrogen and oxygen atoms in total. The van der Waals surface area contributed by atoms with E-state index in [-0.39, 0.29) is 11.5 Å². The highest BCUT2D eigenvalue weighted by Gasteiger charge is 2.30. The highest BCUT2D eigenvalue weighted by molar-refractivity contribution is 9.10. The van der Waals surface area contributed by atoms with Gasteiger partial charge in [-0.25, -0.2) is 4.98 Å². The number of hydrogen-bond acceptors (Lipinski definition) is 4. The van der Waals surface area contributed by atoms with Crippen LogP contribution in [0, 0.1) is 0 Å². The quantitative estimate of drug-likeness (QED) is 0.393. The second-order valence-electron chi connectivity index (χ2n) is 7.38. The lowest BCUT2D eigenvalue weighted by atomic mass is 10.1. The molecule has 0 atom stereocenters. The number of hydrogen-bond donors (Lipinski definition) is 0. The molecule has 0 aliphatic carbocycles. The normalized spacial score (nSPS) is 14.3. The summed E-state index contributed by atoms with van der Waals surface area (Å²) in [7, 11) is 3.29. The van der Waals surface area contributed by atoms with Crippen molar-refractivity contribution in [2.75, 3.05) is 19.1 Å². The molecule has 0 fully saturated rings. The minimum atomic E-state index is -0.236. The van der Waals surface area contributed by atoms with Crippen LogP contribution in [0.25, 0.3) is 28.2 Å². The summed E-state index contributed by atoms with van der Waals surface area (Å²) >= 11 is 3.49. The Hall–Kier alpha value is -3.71. The number of aromatic nitrogens is 2. The molecule has 1 aliphatic rings. The summed E-state index contributed by atoms with van der Waals surface area (Å²) in [5, 5.41) is 0.485. The average Bonchev–Trinajstić information content (AvgIpc) is 3.03. The van der Waals surface area contributed by atoms with Gasteiger partial charge in [0.2, 0.25) is 0 Å². The molecule has 1 amide bonds. The number of benzene rings is 3. The van der Waals surface area contributed by atoms with E-state index in [9.17, 15) is 9.59 Å². The predicted molar refractivity (Wildman–Crippen MR) is 129 cm³/mol. The number of rotatable bonds is 3. The van der Waals surface area contributed by atoms with Gasteiger partial charge in [-0.05, 0) is 48.5 Å². The second-order valence-corrected chi connectivity index (χ2v) is 8.30. The van der Waals surface area contributed by atoms with E-state index in [4.69, 9.17) is 9.72 Å². The highest BCUT2D eigenvalue weighted by Crippen LogP contribution is 2.38. The first-order valence-electron chi connectivity index (χ1n) is 9.94. The van der Waals surface area contributed by atoms with Crippen LogP contribution in [-0.4, -0.2) is 29.6 Å². The van der Waals surface area contributed by atoms with Gasteiger partial charge in [0.05, 0.1) is 35.0 Å². The van der Waals surface area contributed by atoms with E-state index >= 15 is 0 Å². The van der Waals surface area contributed by atoms with E-state index in [1.54, 1.807) is 55.5 Å². The maximum Gasteiger partial charge on any atom is 0.266 e. The summed E-state index contributed by atoms with van der Waals surface area (Å²) in [4.78, 5) is 33.0. The van der Waals surface area contributed by atoms with Gasteiger partial charge in [0.1, 0.15) is 11.6 Å². The number of carbonyl (C=O) groups is 1. The van der Waals surface area contributed by atoms with E-state index in [0.717, 1.165) is 15.7 Å². The molecule has 0 unspecified atom stereocenters. The Bertz CT molecular complexity index is 1490. The number of para-hydroxylation sites is 3. The summed E-state index contributed by atoms with van der Waals surface area (Å²) in [5.41, 5.74) is 2.93. The van der Waals surface area contributed by atoms with Crippen LogP contribution >= 0.6 is 15.9 Å². The smallest absolute Gasteiger partial charge is 0.266 e. The zero-order chi connectivity index (χ0) is 22.4. The van der Waals surface area contributed by atoms with Crippen LogP contribution in [0.2, 0.25) is 0 Å². The van der Waals surface area contributed by atoms with Gasteiger partial charge in [0, 0.05) is 17.1 Å². The van der Waals surface area contributed by atoms with Crippen LogP contribution in [0.15, 0.2) is 76.0 Å². The molecule has 0 saturated carbocycles. The van der Waals surface area contributed by atoms with Crippen LogP contribution in [0.5, 0.6) is 5.75 Å². The lowest BCUT2D eigenvalue weighted by Gasteiger charge is -2.15. The van der Waals surface area contributed by atoms with E-state index in [2.05, 4.69) is 15.9 Å².